The molecule has 1 aliphatic heterocycles. The highest BCUT2D eigenvalue weighted by atomic mass is 32.2. The van der Waals surface area contributed by atoms with Crippen molar-refractivity contribution in [2.75, 3.05) is 24.9 Å². The summed E-state index contributed by atoms with van der Waals surface area (Å²) >= 11 is 3.14. The van der Waals surface area contributed by atoms with Gasteiger partial charge in [-0.1, -0.05) is 23.5 Å². The lowest BCUT2D eigenvalue weighted by atomic mass is 10.1. The van der Waals surface area contributed by atoms with E-state index in [0.717, 1.165) is 34.3 Å². The molecule has 0 unspecified atom stereocenters. The zero-order chi connectivity index (χ0) is 20.1. The van der Waals surface area contributed by atoms with Crippen molar-refractivity contribution in [2.24, 2.45) is 0 Å². The second-order valence-corrected chi connectivity index (χ2v) is 9.58. The number of benzene rings is 1. The molecule has 1 amide bonds. The molecular formula is C19H26N4O3S2. The van der Waals surface area contributed by atoms with E-state index in [2.05, 4.69) is 14.9 Å². The largest absolute Gasteiger partial charge is 0.496 e. The lowest BCUT2D eigenvalue weighted by Gasteiger charge is -2.33. The number of methoxy groups -OCH3 is 1. The zero-order valence-electron chi connectivity index (χ0n) is 16.6. The smallest absolute Gasteiger partial charge is 0.410 e. The summed E-state index contributed by atoms with van der Waals surface area (Å²) in [5.74, 6) is 0.785. The highest BCUT2D eigenvalue weighted by molar-refractivity contribution is 8.01. The van der Waals surface area contributed by atoms with Crippen LogP contribution in [0.4, 0.5) is 9.93 Å². The third-order valence-electron chi connectivity index (χ3n) is 4.17. The number of likely N-dealkylation sites (tertiary alicyclic amines) is 1. The number of piperidine rings is 1. The molecular weight excluding hydrogens is 396 g/mol. The molecule has 152 valence electrons. The maximum absolute atomic E-state index is 12.1. The van der Waals surface area contributed by atoms with Crippen LogP contribution in [-0.2, 0) is 4.74 Å². The molecule has 0 spiro atoms. The van der Waals surface area contributed by atoms with E-state index in [1.165, 1.54) is 11.3 Å². The van der Waals surface area contributed by atoms with Gasteiger partial charge in [0.1, 0.15) is 11.4 Å². The van der Waals surface area contributed by atoms with Crippen molar-refractivity contribution in [3.63, 3.8) is 0 Å². The molecule has 1 aromatic heterocycles. The summed E-state index contributed by atoms with van der Waals surface area (Å²) in [5.41, 5.74) is 0.479. The number of amides is 1. The van der Waals surface area contributed by atoms with Gasteiger partial charge in [-0.2, -0.15) is 0 Å². The van der Waals surface area contributed by atoms with E-state index in [1.807, 2.05) is 45.0 Å². The molecule has 0 saturated carbocycles. The Morgan fingerprint density at radius 1 is 1.25 bits per heavy atom. The number of anilines is 1. The van der Waals surface area contributed by atoms with Gasteiger partial charge in [-0.05, 0) is 57.7 Å². The van der Waals surface area contributed by atoms with E-state index in [4.69, 9.17) is 9.47 Å². The van der Waals surface area contributed by atoms with Crippen LogP contribution in [0, 0.1) is 0 Å². The van der Waals surface area contributed by atoms with Crippen LogP contribution in [0.2, 0.25) is 0 Å². The van der Waals surface area contributed by atoms with Crippen LogP contribution in [0.5, 0.6) is 5.75 Å². The number of aromatic nitrogens is 2. The number of carbonyl (C=O) groups excluding carboxylic acids is 1. The third-order valence-corrected chi connectivity index (χ3v) is 6.29. The Balaban J connectivity index is 1.49. The van der Waals surface area contributed by atoms with Crippen LogP contribution in [0.3, 0.4) is 0 Å². The van der Waals surface area contributed by atoms with E-state index in [1.54, 1.807) is 24.0 Å². The Bertz CT molecular complexity index is 798. The predicted octanol–water partition coefficient (Wildman–Crippen LogP) is 4.67. The van der Waals surface area contributed by atoms with E-state index in [0.29, 0.717) is 18.3 Å². The standard InChI is InChI=1S/C19H26N4O3S2/c1-19(2,3)26-18(24)23-11-9-13(10-12-23)28-22-17-21-20-16(27-17)14-7-5-6-8-15(14)25-4/h5-8,13H,9-12H2,1-4H3,(H,21,22). The number of nitrogens with one attached hydrogen (secondary N) is 1. The molecule has 1 saturated heterocycles. The summed E-state index contributed by atoms with van der Waals surface area (Å²) in [7, 11) is 1.65. The minimum Gasteiger partial charge on any atom is -0.496 e. The van der Waals surface area contributed by atoms with E-state index < -0.39 is 5.60 Å². The second-order valence-electron chi connectivity index (χ2n) is 7.50. The van der Waals surface area contributed by atoms with Crippen molar-refractivity contribution in [3.8, 4) is 16.3 Å². The maximum Gasteiger partial charge on any atom is 0.410 e. The molecule has 1 N–H and O–H groups in total. The van der Waals surface area contributed by atoms with Gasteiger partial charge in [-0.25, -0.2) is 4.79 Å². The van der Waals surface area contributed by atoms with Crippen molar-refractivity contribution in [3.05, 3.63) is 24.3 Å². The monoisotopic (exact) mass is 422 g/mol. The fraction of sp³-hybridized carbons (Fsp3) is 0.526. The van der Waals surface area contributed by atoms with E-state index >= 15 is 0 Å². The lowest BCUT2D eigenvalue weighted by molar-refractivity contribution is 0.0219. The molecule has 2 aromatic rings. The highest BCUT2D eigenvalue weighted by Gasteiger charge is 2.27. The van der Waals surface area contributed by atoms with Crippen LogP contribution in [0.15, 0.2) is 24.3 Å². The molecule has 1 aliphatic rings. The average molecular weight is 423 g/mol. The maximum atomic E-state index is 12.1. The summed E-state index contributed by atoms with van der Waals surface area (Å²) in [4.78, 5) is 13.9. The molecule has 9 heteroatoms. The Kier molecular flexibility index (Phi) is 6.66. The van der Waals surface area contributed by atoms with Crippen molar-refractivity contribution in [2.45, 2.75) is 44.5 Å². The van der Waals surface area contributed by atoms with Crippen molar-refractivity contribution >= 4 is 34.5 Å². The van der Waals surface area contributed by atoms with Gasteiger partial charge >= 0.3 is 6.09 Å². The van der Waals surface area contributed by atoms with Crippen molar-refractivity contribution in [1.29, 1.82) is 0 Å². The normalized spacial score (nSPS) is 15.4. The van der Waals surface area contributed by atoms with Crippen LogP contribution in [-0.4, -0.2) is 52.2 Å². The quantitative estimate of drug-likeness (QED) is 0.702. The Labute approximate surface area is 174 Å². The molecule has 0 bridgehead atoms. The number of hydrogen-bond donors (Lipinski definition) is 1. The van der Waals surface area contributed by atoms with Gasteiger partial charge in [0.25, 0.3) is 0 Å². The SMILES string of the molecule is COc1ccccc1-c1nnc(NSC2CCN(C(=O)OC(C)(C)C)CC2)s1. The second kappa shape index (κ2) is 9.00. The van der Waals surface area contributed by atoms with Gasteiger partial charge in [0.05, 0.1) is 12.7 Å². The molecule has 1 aromatic carbocycles. The van der Waals surface area contributed by atoms with Gasteiger partial charge in [-0.15, -0.1) is 10.2 Å². The molecule has 28 heavy (non-hydrogen) atoms. The zero-order valence-corrected chi connectivity index (χ0v) is 18.2. The molecule has 0 radical (unpaired) electrons. The molecule has 0 aliphatic carbocycles. The Hall–Kier alpha value is -2.00. The summed E-state index contributed by atoms with van der Waals surface area (Å²) in [6.45, 7) is 7.07. The number of ether oxygens (including phenoxy) is 2. The number of para-hydroxylation sites is 1. The summed E-state index contributed by atoms with van der Waals surface area (Å²) in [6, 6.07) is 7.78. The number of carbonyl (C=O) groups is 1. The summed E-state index contributed by atoms with van der Waals surface area (Å²) < 4.78 is 14.1. The fourth-order valence-electron chi connectivity index (χ4n) is 2.81. The van der Waals surface area contributed by atoms with Gasteiger partial charge in [0.2, 0.25) is 5.13 Å². The van der Waals surface area contributed by atoms with Crippen molar-refractivity contribution < 1.29 is 14.3 Å². The van der Waals surface area contributed by atoms with E-state index in [-0.39, 0.29) is 6.09 Å². The minimum absolute atomic E-state index is 0.227. The van der Waals surface area contributed by atoms with Gasteiger partial charge in [0.15, 0.2) is 5.01 Å². The van der Waals surface area contributed by atoms with Crippen molar-refractivity contribution in [1.82, 2.24) is 15.1 Å². The van der Waals surface area contributed by atoms with Crippen LogP contribution < -0.4 is 9.46 Å². The number of nitrogens with zero attached hydrogens (tertiary/aromatic N) is 3. The third kappa shape index (κ3) is 5.51. The Morgan fingerprint density at radius 2 is 1.96 bits per heavy atom. The van der Waals surface area contributed by atoms with Crippen LogP contribution >= 0.6 is 23.3 Å². The molecule has 0 atom stereocenters. The first-order valence-corrected chi connectivity index (χ1v) is 10.9. The molecule has 2 heterocycles. The first kappa shape index (κ1) is 20.7. The topological polar surface area (TPSA) is 76.6 Å². The Morgan fingerprint density at radius 3 is 2.64 bits per heavy atom. The van der Waals surface area contributed by atoms with Gasteiger partial charge in [0, 0.05) is 18.3 Å². The van der Waals surface area contributed by atoms with E-state index in [9.17, 15) is 4.79 Å². The first-order valence-electron chi connectivity index (χ1n) is 9.22. The number of hydrogen-bond acceptors (Lipinski definition) is 8. The van der Waals surface area contributed by atoms with Crippen LogP contribution in [0.1, 0.15) is 33.6 Å². The first-order chi connectivity index (χ1) is 13.4. The average Bonchev–Trinajstić information content (AvgIpc) is 3.14. The minimum atomic E-state index is -0.457. The van der Waals surface area contributed by atoms with Gasteiger partial charge < -0.3 is 19.1 Å². The molecule has 1 fully saturated rings. The molecule has 3 rings (SSSR count). The number of rotatable bonds is 5. The fourth-order valence-corrected chi connectivity index (χ4v) is 4.50. The van der Waals surface area contributed by atoms with Crippen LogP contribution in [0.25, 0.3) is 10.6 Å². The lowest BCUT2D eigenvalue weighted by Crippen LogP contribution is -2.42. The van der Waals surface area contributed by atoms with Gasteiger partial charge in [-0.3, -0.25) is 0 Å². The summed E-state index contributed by atoms with van der Waals surface area (Å²) in [5, 5.41) is 10.5. The molecule has 7 nitrogen and oxygen atoms in total. The summed E-state index contributed by atoms with van der Waals surface area (Å²) in [6.07, 6.45) is 1.60. The highest BCUT2D eigenvalue weighted by Crippen LogP contribution is 2.35. The predicted molar refractivity (Wildman–Crippen MR) is 114 cm³/mol.